The first-order valence-corrected chi connectivity index (χ1v) is 12.5. The van der Waals surface area contributed by atoms with E-state index in [0.717, 1.165) is 12.3 Å². The van der Waals surface area contributed by atoms with Crippen LogP contribution in [0.5, 0.6) is 5.88 Å². The quantitative estimate of drug-likeness (QED) is 0.527. The molecule has 174 valence electrons. The van der Waals surface area contributed by atoms with Gasteiger partial charge in [0.15, 0.2) is 5.82 Å². The van der Waals surface area contributed by atoms with E-state index in [2.05, 4.69) is 15.2 Å². The Morgan fingerprint density at radius 1 is 1.21 bits per heavy atom. The monoisotopic (exact) mass is 490 g/mol. The second-order valence-electron chi connectivity index (χ2n) is 8.62. The highest BCUT2D eigenvalue weighted by Gasteiger charge is 2.41. The van der Waals surface area contributed by atoms with Crippen LogP contribution >= 0.6 is 11.6 Å². The number of fused-ring (bicyclic) bond motifs is 2. The van der Waals surface area contributed by atoms with Gasteiger partial charge >= 0.3 is 0 Å². The minimum absolute atomic E-state index is 0.0730. The van der Waals surface area contributed by atoms with E-state index in [1.165, 1.54) is 47.0 Å². The number of carbonyl (C=O) groups is 1. The van der Waals surface area contributed by atoms with Crippen LogP contribution in [0, 0.1) is 18.8 Å². The normalized spacial score (nSPS) is 22.0. The lowest BCUT2D eigenvalue weighted by atomic mass is 9.98. The van der Waals surface area contributed by atoms with Gasteiger partial charge in [0.25, 0.3) is 15.9 Å². The molecular formula is C21H23ClN6O4S. The van der Waals surface area contributed by atoms with Crippen LogP contribution < -0.4 is 9.46 Å². The molecule has 12 heteroatoms. The summed E-state index contributed by atoms with van der Waals surface area (Å²) in [7, 11) is -2.52. The summed E-state index contributed by atoms with van der Waals surface area (Å²) in [6, 6.07) is 4.71. The summed E-state index contributed by atoms with van der Waals surface area (Å²) in [5, 5.41) is 8.27. The van der Waals surface area contributed by atoms with Crippen LogP contribution in [0.15, 0.2) is 35.5 Å². The highest BCUT2D eigenvalue weighted by molar-refractivity contribution is 7.90. The molecule has 1 amide bonds. The maximum atomic E-state index is 12.6. The average molecular weight is 491 g/mol. The molecule has 2 aliphatic carbocycles. The Labute approximate surface area is 196 Å². The number of hydrogen-bond acceptors (Lipinski definition) is 7. The number of nitrogens with one attached hydrogen (secondary N) is 1. The van der Waals surface area contributed by atoms with Gasteiger partial charge in [0.2, 0.25) is 5.88 Å². The summed E-state index contributed by atoms with van der Waals surface area (Å²) in [5.41, 5.74) is 0.204. The van der Waals surface area contributed by atoms with E-state index in [-0.39, 0.29) is 27.4 Å². The topological polar surface area (TPSA) is 121 Å². The van der Waals surface area contributed by atoms with Crippen LogP contribution in [0.25, 0.3) is 5.82 Å². The molecule has 10 nitrogen and oxygen atoms in total. The number of pyridine rings is 1. The van der Waals surface area contributed by atoms with Gasteiger partial charge < -0.3 is 4.74 Å². The smallest absolute Gasteiger partial charge is 0.268 e. The summed E-state index contributed by atoms with van der Waals surface area (Å²) >= 11 is 6.22. The van der Waals surface area contributed by atoms with Crippen molar-refractivity contribution in [1.29, 1.82) is 0 Å². The van der Waals surface area contributed by atoms with Crippen molar-refractivity contribution in [2.24, 2.45) is 18.9 Å². The Morgan fingerprint density at radius 3 is 2.67 bits per heavy atom. The van der Waals surface area contributed by atoms with Gasteiger partial charge in [-0.05, 0) is 56.6 Å². The third-order valence-electron chi connectivity index (χ3n) is 6.31. The lowest BCUT2D eigenvalue weighted by molar-refractivity contribution is 0.0981. The molecule has 2 bridgehead atoms. The fourth-order valence-electron chi connectivity index (χ4n) is 4.78. The molecule has 3 atom stereocenters. The molecule has 0 unspecified atom stereocenters. The number of aromatic nitrogens is 5. The summed E-state index contributed by atoms with van der Waals surface area (Å²) in [6.45, 7) is 1.54. The molecule has 1 N–H and O–H groups in total. The van der Waals surface area contributed by atoms with Gasteiger partial charge in [-0.3, -0.25) is 9.48 Å². The van der Waals surface area contributed by atoms with Crippen molar-refractivity contribution in [1.82, 2.24) is 29.3 Å². The number of aryl methyl sites for hydroxylation is 2. The predicted octanol–water partition coefficient (Wildman–Crippen LogP) is 2.65. The third-order valence-corrected chi connectivity index (χ3v) is 8.03. The van der Waals surface area contributed by atoms with Crippen LogP contribution in [0.2, 0.25) is 5.15 Å². The minimum atomic E-state index is -4.11. The molecule has 0 spiro atoms. The SMILES string of the molecule is Cc1nn(C)cc1S(=O)(=O)NC(=O)c1ccc(-n2ccc(O[C@H]3C[C@H]4CC[C@@H]3C4)n2)nc1Cl. The largest absolute Gasteiger partial charge is 0.473 e. The molecule has 5 rings (SSSR count). The van der Waals surface area contributed by atoms with Gasteiger partial charge in [-0.25, -0.2) is 22.8 Å². The molecule has 3 aromatic rings. The number of rotatable bonds is 6. The zero-order chi connectivity index (χ0) is 23.3. The molecule has 3 aromatic heterocycles. The molecule has 0 saturated heterocycles. The molecule has 0 aromatic carbocycles. The highest BCUT2D eigenvalue weighted by atomic mass is 35.5. The Kier molecular flexibility index (Phi) is 5.40. The van der Waals surface area contributed by atoms with Crippen LogP contribution in [0.4, 0.5) is 0 Å². The first kappa shape index (κ1) is 21.9. The Hall–Kier alpha value is -2.92. The first-order valence-electron chi connectivity index (χ1n) is 10.7. The van der Waals surface area contributed by atoms with Gasteiger partial charge in [-0.15, -0.1) is 5.10 Å². The van der Waals surface area contributed by atoms with E-state index >= 15 is 0 Å². The van der Waals surface area contributed by atoms with Crippen molar-refractivity contribution < 1.29 is 17.9 Å². The fraction of sp³-hybridized carbons (Fsp3) is 0.429. The Morgan fingerprint density at radius 2 is 2.03 bits per heavy atom. The van der Waals surface area contributed by atoms with E-state index in [4.69, 9.17) is 16.3 Å². The zero-order valence-electron chi connectivity index (χ0n) is 18.1. The number of amides is 1. The minimum Gasteiger partial charge on any atom is -0.473 e. The second kappa shape index (κ2) is 8.14. The standard InChI is InChI=1S/C21H23ClN6O4S/c1-12-17(11-27(2)24-12)33(30,31)26-21(29)15-5-6-18(23-20(15)22)28-8-7-19(25-28)32-16-10-13-3-4-14(16)9-13/h5-8,11,13-14,16H,3-4,9-10H2,1-2H3,(H,26,29)/t13-,14+,16-/m0/s1. The summed E-state index contributed by atoms with van der Waals surface area (Å²) < 4.78 is 36.1. The molecular weight excluding hydrogens is 468 g/mol. The van der Waals surface area contributed by atoms with E-state index in [9.17, 15) is 13.2 Å². The fourth-order valence-corrected chi connectivity index (χ4v) is 6.20. The number of nitrogens with zero attached hydrogens (tertiary/aromatic N) is 5. The Balaban J connectivity index is 1.30. The molecule has 0 aliphatic heterocycles. The van der Waals surface area contributed by atoms with E-state index < -0.39 is 15.9 Å². The van der Waals surface area contributed by atoms with Crippen molar-refractivity contribution in [3.8, 4) is 11.7 Å². The number of carbonyl (C=O) groups excluding carboxylic acids is 1. The van der Waals surface area contributed by atoms with E-state index in [1.807, 2.05) is 4.72 Å². The predicted molar refractivity (Wildman–Crippen MR) is 119 cm³/mol. The van der Waals surface area contributed by atoms with E-state index in [0.29, 0.717) is 17.6 Å². The molecule has 2 fully saturated rings. The number of hydrogen-bond donors (Lipinski definition) is 1. The van der Waals surface area contributed by atoms with Crippen LogP contribution in [-0.4, -0.2) is 45.0 Å². The average Bonchev–Trinajstić information content (AvgIpc) is 3.53. The van der Waals surface area contributed by atoms with Crippen molar-refractivity contribution >= 4 is 27.5 Å². The lowest BCUT2D eigenvalue weighted by Gasteiger charge is -2.21. The third kappa shape index (κ3) is 4.22. The maximum absolute atomic E-state index is 12.6. The van der Waals surface area contributed by atoms with Crippen LogP contribution in [-0.2, 0) is 17.1 Å². The molecule has 3 heterocycles. The Bertz CT molecular complexity index is 1330. The maximum Gasteiger partial charge on any atom is 0.268 e. The van der Waals surface area contributed by atoms with Crippen LogP contribution in [0.1, 0.15) is 41.7 Å². The van der Waals surface area contributed by atoms with Gasteiger partial charge in [0.1, 0.15) is 16.2 Å². The van der Waals surface area contributed by atoms with Crippen molar-refractivity contribution in [3.63, 3.8) is 0 Å². The highest BCUT2D eigenvalue weighted by Crippen LogP contribution is 2.45. The molecule has 0 radical (unpaired) electrons. The summed E-state index contributed by atoms with van der Waals surface area (Å²) in [4.78, 5) is 16.7. The summed E-state index contributed by atoms with van der Waals surface area (Å²) in [5.74, 6) is 1.39. The molecule has 2 saturated carbocycles. The van der Waals surface area contributed by atoms with Gasteiger partial charge in [-0.1, -0.05) is 11.6 Å². The second-order valence-corrected chi connectivity index (χ2v) is 10.6. The number of halogens is 1. The van der Waals surface area contributed by atoms with E-state index in [1.54, 1.807) is 26.2 Å². The zero-order valence-corrected chi connectivity index (χ0v) is 19.7. The van der Waals surface area contributed by atoms with Crippen LogP contribution in [0.3, 0.4) is 0 Å². The number of sulfonamides is 1. The van der Waals surface area contributed by atoms with Crippen molar-refractivity contribution in [2.75, 3.05) is 0 Å². The van der Waals surface area contributed by atoms with Gasteiger partial charge in [0, 0.05) is 25.5 Å². The molecule has 33 heavy (non-hydrogen) atoms. The van der Waals surface area contributed by atoms with Crippen molar-refractivity contribution in [2.45, 2.75) is 43.6 Å². The van der Waals surface area contributed by atoms with Gasteiger partial charge in [-0.2, -0.15) is 5.10 Å². The molecule has 2 aliphatic rings. The first-order chi connectivity index (χ1) is 15.7. The summed E-state index contributed by atoms with van der Waals surface area (Å²) in [6.07, 6.45) is 8.06. The lowest BCUT2D eigenvalue weighted by Crippen LogP contribution is -2.31. The van der Waals surface area contributed by atoms with Crippen molar-refractivity contribution in [3.05, 3.63) is 47.0 Å². The van der Waals surface area contributed by atoms with Gasteiger partial charge in [0.05, 0.1) is 11.3 Å². The number of ether oxygens (including phenoxy) is 1.